The fourth-order valence-corrected chi connectivity index (χ4v) is 4.71. The quantitative estimate of drug-likeness (QED) is 0.609. The molecule has 1 aliphatic heterocycles. The molecule has 0 unspecified atom stereocenters. The summed E-state index contributed by atoms with van der Waals surface area (Å²) in [4.78, 5) is 2.64. The number of fused-ring (bicyclic) bond motifs is 1. The van der Waals surface area contributed by atoms with Crippen LogP contribution in [-0.4, -0.2) is 28.9 Å². The van der Waals surface area contributed by atoms with Crippen molar-refractivity contribution < 1.29 is 0 Å². The number of piperidine rings is 1. The molecule has 1 fully saturated rings. The van der Waals surface area contributed by atoms with Gasteiger partial charge in [-0.15, -0.1) is 0 Å². The molecule has 0 amide bonds. The Hall–Kier alpha value is -1.71. The van der Waals surface area contributed by atoms with Crippen LogP contribution in [-0.2, 0) is 12.8 Å². The zero-order valence-electron chi connectivity index (χ0n) is 14.7. The van der Waals surface area contributed by atoms with E-state index in [-0.39, 0.29) is 0 Å². The van der Waals surface area contributed by atoms with Crippen LogP contribution >= 0.6 is 11.5 Å². The number of aryl methyl sites for hydroxylation is 1. The average molecular weight is 351 g/mol. The van der Waals surface area contributed by atoms with E-state index in [1.165, 1.54) is 66.7 Å². The molecule has 0 aliphatic carbocycles. The molecule has 0 N–H and O–H groups in total. The van der Waals surface area contributed by atoms with Gasteiger partial charge in [0, 0.05) is 11.9 Å². The van der Waals surface area contributed by atoms with Crippen LogP contribution in [0.5, 0.6) is 0 Å². The van der Waals surface area contributed by atoms with Gasteiger partial charge in [-0.3, -0.25) is 0 Å². The molecule has 0 bridgehead atoms. The third-order valence-electron chi connectivity index (χ3n) is 5.51. The van der Waals surface area contributed by atoms with Crippen LogP contribution in [0.1, 0.15) is 30.5 Å². The fraction of sp³-hybridized carbons (Fsp3) is 0.409. The van der Waals surface area contributed by atoms with Gasteiger partial charge in [-0.05, 0) is 74.3 Å². The molecule has 0 saturated carbocycles. The highest BCUT2D eigenvalue weighted by Crippen LogP contribution is 2.27. The summed E-state index contributed by atoms with van der Waals surface area (Å²) in [6, 6.07) is 19.5. The van der Waals surface area contributed by atoms with Crippen LogP contribution in [0.2, 0.25) is 0 Å². The van der Waals surface area contributed by atoms with E-state index in [0.717, 1.165) is 12.3 Å². The average Bonchev–Trinajstić information content (AvgIpc) is 3.10. The smallest absolute Gasteiger partial charge is 0.0620 e. The second-order valence-corrected chi connectivity index (χ2v) is 7.99. The lowest BCUT2D eigenvalue weighted by molar-refractivity contribution is 0.181. The summed E-state index contributed by atoms with van der Waals surface area (Å²) in [6.45, 7) is 3.72. The summed E-state index contributed by atoms with van der Waals surface area (Å²) in [5.41, 5.74) is 2.77. The summed E-state index contributed by atoms with van der Waals surface area (Å²) in [7, 11) is 0. The van der Waals surface area contributed by atoms with Gasteiger partial charge in [0.15, 0.2) is 0 Å². The lowest BCUT2D eigenvalue weighted by Gasteiger charge is -2.32. The fourth-order valence-electron chi connectivity index (χ4n) is 3.89. The van der Waals surface area contributed by atoms with Crippen molar-refractivity contribution in [1.29, 1.82) is 0 Å². The molecule has 3 aromatic rings. The van der Waals surface area contributed by atoms with Gasteiger partial charge in [-0.1, -0.05) is 48.5 Å². The minimum absolute atomic E-state index is 0.869. The molecule has 2 aromatic carbocycles. The maximum absolute atomic E-state index is 4.69. The van der Waals surface area contributed by atoms with Crippen LogP contribution in [0.4, 0.5) is 0 Å². The Morgan fingerprint density at radius 1 is 0.920 bits per heavy atom. The zero-order valence-corrected chi connectivity index (χ0v) is 15.5. The maximum atomic E-state index is 4.69. The topological polar surface area (TPSA) is 16.1 Å². The van der Waals surface area contributed by atoms with Crippen LogP contribution in [0.15, 0.2) is 54.6 Å². The number of rotatable bonds is 6. The maximum Gasteiger partial charge on any atom is 0.0620 e. The van der Waals surface area contributed by atoms with Gasteiger partial charge in [0.05, 0.1) is 10.4 Å². The van der Waals surface area contributed by atoms with Gasteiger partial charge in [0.25, 0.3) is 0 Å². The number of hydrogen-bond donors (Lipinski definition) is 0. The Kier molecular flexibility index (Phi) is 5.43. The van der Waals surface area contributed by atoms with E-state index in [2.05, 4.69) is 63.9 Å². The van der Waals surface area contributed by atoms with E-state index >= 15 is 0 Å². The van der Waals surface area contributed by atoms with Gasteiger partial charge in [0.2, 0.25) is 0 Å². The summed E-state index contributed by atoms with van der Waals surface area (Å²) in [5, 5.41) is 1.37. The standard InChI is InChI=1S/C22H26N2S/c1-2-6-18(7-3-1)12-15-24-16-13-19(14-17-24)10-11-21-20-8-4-5-9-22(20)25-23-21/h1-9,19H,10-17H2. The highest BCUT2D eigenvalue weighted by molar-refractivity contribution is 7.13. The molecule has 1 saturated heterocycles. The van der Waals surface area contributed by atoms with Crippen molar-refractivity contribution in [2.45, 2.75) is 32.1 Å². The van der Waals surface area contributed by atoms with Crippen molar-refractivity contribution in [3.05, 3.63) is 65.9 Å². The number of hydrogen-bond acceptors (Lipinski definition) is 3. The molecule has 1 aromatic heterocycles. The first-order valence-corrected chi connectivity index (χ1v) is 10.3. The molecule has 2 nitrogen and oxygen atoms in total. The van der Waals surface area contributed by atoms with Crippen LogP contribution in [0.25, 0.3) is 10.1 Å². The largest absolute Gasteiger partial charge is 0.303 e. The van der Waals surface area contributed by atoms with Crippen molar-refractivity contribution in [2.24, 2.45) is 5.92 Å². The Balaban J connectivity index is 1.22. The minimum atomic E-state index is 0.869. The summed E-state index contributed by atoms with van der Waals surface area (Å²) in [5.74, 6) is 0.869. The van der Waals surface area contributed by atoms with E-state index < -0.39 is 0 Å². The van der Waals surface area contributed by atoms with Crippen molar-refractivity contribution in [2.75, 3.05) is 19.6 Å². The van der Waals surface area contributed by atoms with Crippen LogP contribution in [0, 0.1) is 5.92 Å². The highest BCUT2D eigenvalue weighted by Gasteiger charge is 2.19. The Labute approximate surface area is 154 Å². The van der Waals surface area contributed by atoms with E-state index in [0.29, 0.717) is 0 Å². The predicted octanol–water partition coefficient (Wildman–Crippen LogP) is 5.18. The van der Waals surface area contributed by atoms with Crippen molar-refractivity contribution in [3.63, 3.8) is 0 Å². The van der Waals surface area contributed by atoms with Crippen molar-refractivity contribution in [3.8, 4) is 0 Å². The van der Waals surface area contributed by atoms with E-state index in [9.17, 15) is 0 Å². The molecule has 1 aliphatic rings. The van der Waals surface area contributed by atoms with Gasteiger partial charge in [-0.25, -0.2) is 0 Å². The molecule has 0 spiro atoms. The van der Waals surface area contributed by atoms with Crippen LogP contribution in [0.3, 0.4) is 0 Å². The number of nitrogens with zero attached hydrogens (tertiary/aromatic N) is 2. The molecular formula is C22H26N2S. The first-order valence-electron chi connectivity index (χ1n) is 9.48. The molecule has 3 heteroatoms. The van der Waals surface area contributed by atoms with Gasteiger partial charge in [-0.2, -0.15) is 4.37 Å². The van der Waals surface area contributed by atoms with Crippen molar-refractivity contribution >= 4 is 21.6 Å². The summed E-state index contributed by atoms with van der Waals surface area (Å²) >= 11 is 1.65. The van der Waals surface area contributed by atoms with Gasteiger partial charge in [0.1, 0.15) is 0 Å². The molecule has 0 radical (unpaired) electrons. The predicted molar refractivity (Wildman–Crippen MR) is 107 cm³/mol. The Bertz CT molecular complexity index is 788. The number of aromatic nitrogens is 1. The zero-order chi connectivity index (χ0) is 16.9. The molecule has 0 atom stereocenters. The monoisotopic (exact) mass is 350 g/mol. The normalized spacial score (nSPS) is 16.5. The third kappa shape index (κ3) is 4.28. The van der Waals surface area contributed by atoms with Crippen LogP contribution < -0.4 is 0 Å². The number of benzene rings is 2. The van der Waals surface area contributed by atoms with E-state index in [1.54, 1.807) is 11.5 Å². The van der Waals surface area contributed by atoms with Gasteiger partial charge >= 0.3 is 0 Å². The second kappa shape index (κ2) is 8.11. The lowest BCUT2D eigenvalue weighted by atomic mass is 9.91. The Morgan fingerprint density at radius 3 is 2.52 bits per heavy atom. The molecular weight excluding hydrogens is 324 g/mol. The SMILES string of the molecule is c1ccc(CCN2CCC(CCc3nsc4ccccc34)CC2)cc1. The van der Waals surface area contributed by atoms with Gasteiger partial charge < -0.3 is 4.90 Å². The number of likely N-dealkylation sites (tertiary alicyclic amines) is 1. The molecule has 25 heavy (non-hydrogen) atoms. The summed E-state index contributed by atoms with van der Waals surface area (Å²) < 4.78 is 6.02. The molecule has 4 rings (SSSR count). The van der Waals surface area contributed by atoms with E-state index in [4.69, 9.17) is 0 Å². The molecule has 2 heterocycles. The summed E-state index contributed by atoms with van der Waals surface area (Å²) in [6.07, 6.45) is 6.29. The minimum Gasteiger partial charge on any atom is -0.303 e. The highest BCUT2D eigenvalue weighted by atomic mass is 32.1. The first kappa shape index (κ1) is 16.7. The second-order valence-electron chi connectivity index (χ2n) is 7.18. The Morgan fingerprint density at radius 2 is 1.68 bits per heavy atom. The van der Waals surface area contributed by atoms with E-state index in [1.807, 2.05) is 0 Å². The third-order valence-corrected chi connectivity index (χ3v) is 6.37. The lowest BCUT2D eigenvalue weighted by Crippen LogP contribution is -2.35. The molecule has 130 valence electrons. The van der Waals surface area contributed by atoms with Crippen molar-refractivity contribution in [1.82, 2.24) is 9.27 Å². The first-order chi connectivity index (χ1) is 12.4.